The summed E-state index contributed by atoms with van der Waals surface area (Å²) in [5.74, 6) is 0.962. The molecule has 0 spiro atoms. The van der Waals surface area contributed by atoms with Crippen molar-refractivity contribution in [2.75, 3.05) is 0 Å². The van der Waals surface area contributed by atoms with E-state index >= 15 is 0 Å². The van der Waals surface area contributed by atoms with E-state index in [9.17, 15) is 4.79 Å². The van der Waals surface area contributed by atoms with Gasteiger partial charge in [-0.05, 0) is 30.5 Å². The predicted octanol–water partition coefficient (Wildman–Crippen LogP) is 1.83. The van der Waals surface area contributed by atoms with E-state index in [1.807, 2.05) is 16.8 Å². The minimum absolute atomic E-state index is 0.196. The fourth-order valence-corrected chi connectivity index (χ4v) is 1.92. The first-order chi connectivity index (χ1) is 9.29. The number of Topliss-reactive ketones (excluding diaryl/α,β-unsaturated/α-hetero) is 1. The van der Waals surface area contributed by atoms with Crippen LogP contribution in [0, 0.1) is 0 Å². The Morgan fingerprint density at radius 3 is 2.84 bits per heavy atom. The number of pyridine rings is 1. The Morgan fingerprint density at radius 1 is 1.32 bits per heavy atom. The number of hydrogen-bond donors (Lipinski definition) is 0. The van der Waals surface area contributed by atoms with Gasteiger partial charge in [0.15, 0.2) is 0 Å². The fourth-order valence-electron chi connectivity index (χ4n) is 1.92. The van der Waals surface area contributed by atoms with E-state index in [4.69, 9.17) is 0 Å². The minimum Gasteiger partial charge on any atom is -0.299 e. The SMILES string of the molecule is CCCn1ncnc1CC(=O)CCc1ccncc1. The van der Waals surface area contributed by atoms with Crippen LogP contribution >= 0.6 is 0 Å². The Morgan fingerprint density at radius 2 is 2.11 bits per heavy atom. The van der Waals surface area contributed by atoms with Gasteiger partial charge in [-0.25, -0.2) is 9.67 Å². The molecular weight excluding hydrogens is 240 g/mol. The highest BCUT2D eigenvalue weighted by atomic mass is 16.1. The number of carbonyl (C=O) groups is 1. The maximum absolute atomic E-state index is 11.9. The number of ketones is 1. The highest BCUT2D eigenvalue weighted by Gasteiger charge is 2.09. The zero-order chi connectivity index (χ0) is 13.5. The molecule has 2 aromatic heterocycles. The molecule has 0 aliphatic carbocycles. The lowest BCUT2D eigenvalue weighted by molar-refractivity contribution is -0.118. The largest absolute Gasteiger partial charge is 0.299 e. The second-order valence-corrected chi connectivity index (χ2v) is 4.47. The molecule has 0 aromatic carbocycles. The van der Waals surface area contributed by atoms with Crippen LogP contribution in [0.25, 0.3) is 0 Å². The van der Waals surface area contributed by atoms with E-state index in [-0.39, 0.29) is 5.78 Å². The number of nitrogens with zero attached hydrogens (tertiary/aromatic N) is 4. The highest BCUT2D eigenvalue weighted by Crippen LogP contribution is 2.05. The summed E-state index contributed by atoms with van der Waals surface area (Å²) in [7, 11) is 0. The van der Waals surface area contributed by atoms with Crippen molar-refractivity contribution >= 4 is 5.78 Å². The smallest absolute Gasteiger partial charge is 0.140 e. The molecule has 0 aliphatic rings. The first-order valence-electron chi connectivity index (χ1n) is 6.57. The molecule has 5 heteroatoms. The summed E-state index contributed by atoms with van der Waals surface area (Å²) in [4.78, 5) is 20.1. The molecule has 0 amide bonds. The Kier molecular flexibility index (Phi) is 4.78. The first-order valence-corrected chi connectivity index (χ1v) is 6.57. The average molecular weight is 258 g/mol. The molecular formula is C14H18N4O. The Hall–Kier alpha value is -2.04. The van der Waals surface area contributed by atoms with Crippen molar-refractivity contribution in [2.24, 2.45) is 0 Å². The van der Waals surface area contributed by atoms with Crippen molar-refractivity contribution in [3.05, 3.63) is 42.2 Å². The van der Waals surface area contributed by atoms with Crippen molar-refractivity contribution in [1.29, 1.82) is 0 Å². The van der Waals surface area contributed by atoms with E-state index < -0.39 is 0 Å². The van der Waals surface area contributed by atoms with Crippen LogP contribution in [-0.2, 0) is 24.2 Å². The Balaban J connectivity index is 1.85. The van der Waals surface area contributed by atoms with Gasteiger partial charge in [0.2, 0.25) is 0 Å². The van der Waals surface area contributed by atoms with Gasteiger partial charge >= 0.3 is 0 Å². The summed E-state index contributed by atoms with van der Waals surface area (Å²) in [6, 6.07) is 3.87. The lowest BCUT2D eigenvalue weighted by atomic mass is 10.1. The third kappa shape index (κ3) is 3.98. The molecule has 0 aliphatic heterocycles. The number of carbonyl (C=O) groups excluding carboxylic acids is 1. The average Bonchev–Trinajstić information content (AvgIpc) is 2.85. The highest BCUT2D eigenvalue weighted by molar-refractivity contribution is 5.80. The molecule has 0 saturated carbocycles. The molecule has 0 fully saturated rings. The van der Waals surface area contributed by atoms with Gasteiger partial charge in [-0.15, -0.1) is 0 Å². The standard InChI is InChI=1S/C14H18N4O/c1-2-9-18-14(16-11-17-18)10-13(19)4-3-12-5-7-15-8-6-12/h5-8,11H,2-4,9-10H2,1H3. The van der Waals surface area contributed by atoms with Gasteiger partial charge < -0.3 is 0 Å². The summed E-state index contributed by atoms with van der Waals surface area (Å²) in [5, 5.41) is 4.12. The van der Waals surface area contributed by atoms with Gasteiger partial charge in [-0.1, -0.05) is 6.92 Å². The van der Waals surface area contributed by atoms with E-state index in [2.05, 4.69) is 22.0 Å². The van der Waals surface area contributed by atoms with Crippen LogP contribution in [0.3, 0.4) is 0 Å². The van der Waals surface area contributed by atoms with Crippen LogP contribution in [0.4, 0.5) is 0 Å². The zero-order valence-electron chi connectivity index (χ0n) is 11.1. The van der Waals surface area contributed by atoms with Crippen LogP contribution in [0.2, 0.25) is 0 Å². The van der Waals surface area contributed by atoms with E-state index in [1.165, 1.54) is 6.33 Å². The lowest BCUT2D eigenvalue weighted by Gasteiger charge is -2.04. The normalized spacial score (nSPS) is 10.6. The molecule has 0 N–H and O–H groups in total. The van der Waals surface area contributed by atoms with Crippen LogP contribution < -0.4 is 0 Å². The third-order valence-corrected chi connectivity index (χ3v) is 2.93. The van der Waals surface area contributed by atoms with Crippen LogP contribution in [0.5, 0.6) is 0 Å². The summed E-state index contributed by atoms with van der Waals surface area (Å²) in [6.07, 6.45) is 7.65. The molecule has 100 valence electrons. The molecule has 0 radical (unpaired) electrons. The minimum atomic E-state index is 0.196. The molecule has 0 unspecified atom stereocenters. The van der Waals surface area contributed by atoms with Crippen molar-refractivity contribution < 1.29 is 4.79 Å². The maximum Gasteiger partial charge on any atom is 0.140 e. The van der Waals surface area contributed by atoms with Gasteiger partial charge in [0.05, 0.1) is 6.42 Å². The predicted molar refractivity (Wildman–Crippen MR) is 71.6 cm³/mol. The number of hydrogen-bond acceptors (Lipinski definition) is 4. The molecule has 0 bridgehead atoms. The van der Waals surface area contributed by atoms with Crippen molar-refractivity contribution in [3.8, 4) is 0 Å². The van der Waals surface area contributed by atoms with Gasteiger partial charge in [0.25, 0.3) is 0 Å². The first kappa shape index (κ1) is 13.4. The fraction of sp³-hybridized carbons (Fsp3) is 0.429. The van der Waals surface area contributed by atoms with Gasteiger partial charge in [0.1, 0.15) is 17.9 Å². The Bertz CT molecular complexity index is 521. The van der Waals surface area contributed by atoms with Crippen molar-refractivity contribution in [1.82, 2.24) is 19.7 Å². The second-order valence-electron chi connectivity index (χ2n) is 4.47. The molecule has 5 nitrogen and oxygen atoms in total. The van der Waals surface area contributed by atoms with Crippen LogP contribution in [0.1, 0.15) is 31.2 Å². The quantitative estimate of drug-likeness (QED) is 0.760. The Labute approximate surface area is 112 Å². The third-order valence-electron chi connectivity index (χ3n) is 2.93. The van der Waals surface area contributed by atoms with Gasteiger partial charge in [-0.2, -0.15) is 5.10 Å². The lowest BCUT2D eigenvalue weighted by Crippen LogP contribution is -2.11. The second kappa shape index (κ2) is 6.78. The molecule has 2 aromatic rings. The monoisotopic (exact) mass is 258 g/mol. The van der Waals surface area contributed by atoms with Gasteiger partial charge in [-0.3, -0.25) is 9.78 Å². The number of aryl methyl sites for hydroxylation is 2. The van der Waals surface area contributed by atoms with Crippen molar-refractivity contribution in [3.63, 3.8) is 0 Å². The van der Waals surface area contributed by atoms with E-state index in [1.54, 1.807) is 12.4 Å². The summed E-state index contributed by atoms with van der Waals surface area (Å²) >= 11 is 0. The maximum atomic E-state index is 11.9. The number of aromatic nitrogens is 4. The molecule has 0 atom stereocenters. The van der Waals surface area contributed by atoms with Crippen LogP contribution in [0.15, 0.2) is 30.9 Å². The molecule has 2 rings (SSSR count). The molecule has 2 heterocycles. The van der Waals surface area contributed by atoms with Gasteiger partial charge in [0, 0.05) is 25.4 Å². The zero-order valence-corrected chi connectivity index (χ0v) is 11.1. The summed E-state index contributed by atoms with van der Waals surface area (Å²) < 4.78 is 1.81. The number of rotatable bonds is 7. The van der Waals surface area contributed by atoms with E-state index in [0.29, 0.717) is 12.8 Å². The van der Waals surface area contributed by atoms with E-state index in [0.717, 1.165) is 30.8 Å². The van der Waals surface area contributed by atoms with Crippen LogP contribution in [-0.4, -0.2) is 25.5 Å². The summed E-state index contributed by atoms with van der Waals surface area (Å²) in [5.41, 5.74) is 1.14. The summed E-state index contributed by atoms with van der Waals surface area (Å²) in [6.45, 7) is 2.89. The topological polar surface area (TPSA) is 60.7 Å². The molecule has 19 heavy (non-hydrogen) atoms. The molecule has 0 saturated heterocycles. The van der Waals surface area contributed by atoms with Crippen molar-refractivity contribution in [2.45, 2.75) is 39.2 Å².